The van der Waals surface area contributed by atoms with Gasteiger partial charge < -0.3 is 14.4 Å². The molecule has 6 nitrogen and oxygen atoms in total. The van der Waals surface area contributed by atoms with Crippen LogP contribution in [-0.4, -0.2) is 26.2 Å². The summed E-state index contributed by atoms with van der Waals surface area (Å²) in [6, 6.07) is 8.38. The summed E-state index contributed by atoms with van der Waals surface area (Å²) in [7, 11) is 0. The lowest BCUT2D eigenvalue weighted by Crippen LogP contribution is -2.17. The van der Waals surface area contributed by atoms with Gasteiger partial charge in [0, 0.05) is 37.6 Å². The molecule has 0 amide bonds. The Kier molecular flexibility index (Phi) is 3.84. The molecule has 0 aliphatic carbocycles. The number of rotatable bonds is 6. The number of nitrogens with one attached hydrogen (secondary N) is 1. The van der Waals surface area contributed by atoms with Gasteiger partial charge in [0.2, 0.25) is 6.39 Å². The molecule has 0 aliphatic heterocycles. The van der Waals surface area contributed by atoms with E-state index in [9.17, 15) is 0 Å². The third-order valence-corrected chi connectivity index (χ3v) is 3.00. The van der Waals surface area contributed by atoms with E-state index >= 15 is 0 Å². The van der Waals surface area contributed by atoms with Crippen molar-refractivity contribution in [3.05, 3.63) is 60.8 Å². The van der Waals surface area contributed by atoms with Crippen molar-refractivity contribution in [1.29, 1.82) is 0 Å². The Morgan fingerprint density at radius 3 is 2.80 bits per heavy atom. The summed E-state index contributed by atoms with van der Waals surface area (Å²) < 4.78 is 6.66. The van der Waals surface area contributed by atoms with Crippen molar-refractivity contribution in [3.63, 3.8) is 0 Å². The third kappa shape index (κ3) is 3.10. The molecular weight excluding hydrogens is 254 g/mol. The highest BCUT2D eigenvalue weighted by Gasteiger charge is 1.99. The largest absolute Gasteiger partial charge is 0.343 e. The molecule has 1 aromatic carbocycles. The van der Waals surface area contributed by atoms with Gasteiger partial charge in [-0.15, -0.1) is 0 Å². The summed E-state index contributed by atoms with van der Waals surface area (Å²) in [6.45, 7) is 1.64. The minimum absolute atomic E-state index is 0.730. The van der Waals surface area contributed by atoms with Crippen LogP contribution in [0.4, 0.5) is 0 Å². The van der Waals surface area contributed by atoms with Crippen LogP contribution in [0.2, 0.25) is 0 Å². The SMILES string of the molecule is c1cn(-c2ccc(CNCCc3ncon3)cc2)cn1. The summed E-state index contributed by atoms with van der Waals surface area (Å²) in [5, 5.41) is 7.12. The van der Waals surface area contributed by atoms with E-state index in [1.807, 2.05) is 10.8 Å². The zero-order valence-corrected chi connectivity index (χ0v) is 10.9. The molecule has 20 heavy (non-hydrogen) atoms. The van der Waals surface area contributed by atoms with E-state index in [4.69, 9.17) is 0 Å². The highest BCUT2D eigenvalue weighted by atomic mass is 16.5. The first-order chi connectivity index (χ1) is 9.92. The van der Waals surface area contributed by atoms with Gasteiger partial charge in [-0.2, -0.15) is 4.98 Å². The second kappa shape index (κ2) is 6.12. The Bertz CT molecular complexity index is 616. The van der Waals surface area contributed by atoms with Crippen LogP contribution in [0.25, 0.3) is 5.69 Å². The van der Waals surface area contributed by atoms with Gasteiger partial charge >= 0.3 is 0 Å². The second-order valence-electron chi connectivity index (χ2n) is 4.41. The summed E-state index contributed by atoms with van der Waals surface area (Å²) >= 11 is 0. The molecule has 2 aromatic heterocycles. The summed E-state index contributed by atoms with van der Waals surface area (Å²) in [4.78, 5) is 8.01. The van der Waals surface area contributed by atoms with Crippen LogP contribution in [0.5, 0.6) is 0 Å². The van der Waals surface area contributed by atoms with Crippen molar-refractivity contribution in [2.75, 3.05) is 6.54 Å². The molecule has 0 atom stereocenters. The number of benzene rings is 1. The number of aromatic nitrogens is 4. The molecule has 0 fully saturated rings. The zero-order valence-electron chi connectivity index (χ0n) is 10.9. The van der Waals surface area contributed by atoms with Crippen molar-refractivity contribution >= 4 is 0 Å². The van der Waals surface area contributed by atoms with Crippen molar-refractivity contribution in [3.8, 4) is 5.69 Å². The Labute approximate surface area is 116 Å². The fourth-order valence-corrected chi connectivity index (χ4v) is 1.93. The molecule has 3 rings (SSSR count). The number of hydrogen-bond acceptors (Lipinski definition) is 5. The first kappa shape index (κ1) is 12.6. The molecule has 102 valence electrons. The fourth-order valence-electron chi connectivity index (χ4n) is 1.93. The lowest BCUT2D eigenvalue weighted by atomic mass is 10.2. The van der Waals surface area contributed by atoms with Gasteiger partial charge in [-0.05, 0) is 17.7 Å². The lowest BCUT2D eigenvalue weighted by molar-refractivity contribution is 0.409. The average molecular weight is 269 g/mol. The minimum atomic E-state index is 0.730. The monoisotopic (exact) mass is 269 g/mol. The molecule has 0 saturated carbocycles. The fraction of sp³-hybridized carbons (Fsp3) is 0.214. The Balaban J connectivity index is 1.48. The maximum Gasteiger partial charge on any atom is 0.213 e. The summed E-state index contributed by atoms with van der Waals surface area (Å²) in [5.74, 6) is 0.730. The molecule has 2 heterocycles. The molecule has 1 N–H and O–H groups in total. The van der Waals surface area contributed by atoms with E-state index in [0.717, 1.165) is 31.0 Å². The molecular formula is C14H15N5O. The molecule has 0 saturated heterocycles. The first-order valence-corrected chi connectivity index (χ1v) is 6.45. The summed E-state index contributed by atoms with van der Waals surface area (Å²) in [5.41, 5.74) is 2.35. The minimum Gasteiger partial charge on any atom is -0.343 e. The quantitative estimate of drug-likeness (QED) is 0.688. The van der Waals surface area contributed by atoms with Crippen LogP contribution in [0.1, 0.15) is 11.4 Å². The van der Waals surface area contributed by atoms with E-state index in [1.54, 1.807) is 12.5 Å². The predicted molar refractivity (Wildman–Crippen MR) is 73.3 cm³/mol. The normalized spacial score (nSPS) is 10.8. The standard InChI is InChI=1S/C14H15N5O/c1-3-13(19-8-7-16-10-19)4-2-12(1)9-15-6-5-14-17-11-20-18-14/h1-4,7-8,10-11,15H,5-6,9H2. The Morgan fingerprint density at radius 2 is 2.10 bits per heavy atom. The number of imidazole rings is 1. The number of nitrogens with zero attached hydrogens (tertiary/aromatic N) is 4. The van der Waals surface area contributed by atoms with Gasteiger partial charge in [0.05, 0.1) is 6.33 Å². The van der Waals surface area contributed by atoms with E-state index in [2.05, 4.69) is 49.2 Å². The maximum absolute atomic E-state index is 4.68. The van der Waals surface area contributed by atoms with Crippen LogP contribution in [-0.2, 0) is 13.0 Å². The molecule has 0 spiro atoms. The molecule has 0 bridgehead atoms. The van der Waals surface area contributed by atoms with Crippen molar-refractivity contribution in [2.45, 2.75) is 13.0 Å². The number of hydrogen-bond donors (Lipinski definition) is 1. The molecule has 3 aromatic rings. The average Bonchev–Trinajstić information content (AvgIpc) is 3.17. The van der Waals surface area contributed by atoms with Gasteiger partial charge in [-0.1, -0.05) is 17.3 Å². The van der Waals surface area contributed by atoms with E-state index < -0.39 is 0 Å². The van der Waals surface area contributed by atoms with Crippen LogP contribution in [0.3, 0.4) is 0 Å². The van der Waals surface area contributed by atoms with Crippen molar-refractivity contribution in [1.82, 2.24) is 25.0 Å². The van der Waals surface area contributed by atoms with Crippen LogP contribution < -0.4 is 5.32 Å². The predicted octanol–water partition coefficient (Wildman–Crippen LogP) is 1.59. The zero-order chi connectivity index (χ0) is 13.6. The van der Waals surface area contributed by atoms with Gasteiger partial charge in [0.1, 0.15) is 0 Å². The van der Waals surface area contributed by atoms with Crippen molar-refractivity contribution < 1.29 is 4.52 Å². The van der Waals surface area contributed by atoms with Crippen LogP contribution >= 0.6 is 0 Å². The third-order valence-electron chi connectivity index (χ3n) is 3.00. The first-order valence-electron chi connectivity index (χ1n) is 6.45. The van der Waals surface area contributed by atoms with Crippen LogP contribution in [0, 0.1) is 0 Å². The maximum atomic E-state index is 4.68. The lowest BCUT2D eigenvalue weighted by Gasteiger charge is -2.06. The van der Waals surface area contributed by atoms with E-state index in [1.165, 1.54) is 12.0 Å². The van der Waals surface area contributed by atoms with E-state index in [0.29, 0.717) is 0 Å². The van der Waals surface area contributed by atoms with Crippen LogP contribution in [0.15, 0.2) is 53.9 Å². The smallest absolute Gasteiger partial charge is 0.213 e. The van der Waals surface area contributed by atoms with Gasteiger partial charge in [-0.25, -0.2) is 4.98 Å². The highest BCUT2D eigenvalue weighted by molar-refractivity contribution is 5.34. The second-order valence-corrected chi connectivity index (χ2v) is 4.41. The van der Waals surface area contributed by atoms with Crippen molar-refractivity contribution in [2.24, 2.45) is 0 Å². The topological polar surface area (TPSA) is 68.8 Å². The van der Waals surface area contributed by atoms with Gasteiger partial charge in [-0.3, -0.25) is 0 Å². The Hall–Kier alpha value is -2.47. The molecule has 0 aliphatic rings. The molecule has 0 unspecified atom stereocenters. The highest BCUT2D eigenvalue weighted by Crippen LogP contribution is 2.09. The van der Waals surface area contributed by atoms with E-state index in [-0.39, 0.29) is 0 Å². The van der Waals surface area contributed by atoms with Gasteiger partial charge in [0.25, 0.3) is 0 Å². The summed E-state index contributed by atoms with van der Waals surface area (Å²) in [6.07, 6.45) is 7.61. The Morgan fingerprint density at radius 1 is 1.20 bits per heavy atom. The molecule has 0 radical (unpaired) electrons. The molecule has 6 heteroatoms. The van der Waals surface area contributed by atoms with Gasteiger partial charge in [0.15, 0.2) is 5.82 Å².